The Morgan fingerprint density at radius 1 is 1.22 bits per heavy atom. The lowest BCUT2D eigenvalue weighted by molar-refractivity contribution is 0.0784. The monoisotopic (exact) mass is 388 g/mol. The van der Waals surface area contributed by atoms with Gasteiger partial charge in [-0.2, -0.15) is 0 Å². The fourth-order valence-corrected chi connectivity index (χ4v) is 3.70. The second-order valence-electron chi connectivity index (χ2n) is 6.02. The Bertz CT molecular complexity index is 972. The zero-order chi connectivity index (χ0) is 19.4. The Labute approximate surface area is 158 Å². The zero-order valence-corrected chi connectivity index (χ0v) is 15.7. The molecule has 1 amide bonds. The number of carbonyl (C=O) groups excluding carboxylic acids is 1. The number of rotatable bonds is 7. The van der Waals surface area contributed by atoms with Gasteiger partial charge in [-0.3, -0.25) is 4.79 Å². The second-order valence-corrected chi connectivity index (χ2v) is 7.78. The first kappa shape index (κ1) is 18.9. The predicted molar refractivity (Wildman–Crippen MR) is 100 cm³/mol. The van der Waals surface area contributed by atoms with Gasteiger partial charge in [0.2, 0.25) is 16.8 Å². The van der Waals surface area contributed by atoms with E-state index in [0.717, 1.165) is 5.56 Å². The molecule has 3 rings (SSSR count). The van der Waals surface area contributed by atoms with E-state index in [1.54, 1.807) is 25.2 Å². The summed E-state index contributed by atoms with van der Waals surface area (Å²) in [5, 5.41) is 0. The first-order chi connectivity index (χ1) is 12.9. The van der Waals surface area contributed by atoms with E-state index < -0.39 is 10.0 Å². The van der Waals surface area contributed by atoms with E-state index in [1.807, 2.05) is 12.1 Å². The molecule has 1 heterocycles. The molecular weight excluding hydrogens is 368 g/mol. The molecule has 142 valence electrons. The van der Waals surface area contributed by atoms with E-state index in [0.29, 0.717) is 23.6 Å². The summed E-state index contributed by atoms with van der Waals surface area (Å²) in [6.45, 7) is 4.14. The number of amides is 1. The number of hydrogen-bond acceptors (Lipinski definition) is 5. The van der Waals surface area contributed by atoms with Crippen molar-refractivity contribution in [1.29, 1.82) is 0 Å². The first-order valence-corrected chi connectivity index (χ1v) is 9.73. The summed E-state index contributed by atoms with van der Waals surface area (Å²) in [6, 6.07) is 11.4. The van der Waals surface area contributed by atoms with Gasteiger partial charge in [-0.05, 0) is 35.9 Å². The summed E-state index contributed by atoms with van der Waals surface area (Å²) in [7, 11) is -2.04. The van der Waals surface area contributed by atoms with E-state index >= 15 is 0 Å². The van der Waals surface area contributed by atoms with Gasteiger partial charge in [0.25, 0.3) is 5.91 Å². The minimum absolute atomic E-state index is 0.0340. The van der Waals surface area contributed by atoms with Crippen LogP contribution in [0.4, 0.5) is 0 Å². The lowest BCUT2D eigenvalue weighted by Crippen LogP contribution is -2.27. The molecule has 0 unspecified atom stereocenters. The molecule has 0 radical (unpaired) electrons. The minimum atomic E-state index is -3.69. The Balaban J connectivity index is 1.75. The average Bonchev–Trinajstić information content (AvgIpc) is 3.13. The van der Waals surface area contributed by atoms with Crippen molar-refractivity contribution in [2.45, 2.75) is 11.4 Å². The van der Waals surface area contributed by atoms with Gasteiger partial charge in [-0.1, -0.05) is 18.2 Å². The second kappa shape index (κ2) is 7.81. The highest BCUT2D eigenvalue weighted by atomic mass is 32.2. The van der Waals surface area contributed by atoms with Crippen LogP contribution >= 0.6 is 0 Å². The number of hydrogen-bond donors (Lipinski definition) is 1. The maximum atomic E-state index is 12.7. The highest BCUT2D eigenvalue weighted by Crippen LogP contribution is 2.32. The van der Waals surface area contributed by atoms with E-state index in [-0.39, 0.29) is 24.1 Å². The third kappa shape index (κ3) is 4.29. The highest BCUT2D eigenvalue weighted by molar-refractivity contribution is 7.89. The van der Waals surface area contributed by atoms with E-state index in [4.69, 9.17) is 9.47 Å². The van der Waals surface area contributed by atoms with Crippen LogP contribution in [-0.2, 0) is 16.6 Å². The van der Waals surface area contributed by atoms with Gasteiger partial charge in [0.1, 0.15) is 0 Å². The van der Waals surface area contributed by atoms with Crippen LogP contribution in [0.1, 0.15) is 15.9 Å². The van der Waals surface area contributed by atoms with Crippen molar-refractivity contribution in [3.63, 3.8) is 0 Å². The summed E-state index contributed by atoms with van der Waals surface area (Å²) >= 11 is 0. The first-order valence-electron chi connectivity index (χ1n) is 8.25. The summed E-state index contributed by atoms with van der Waals surface area (Å²) in [4.78, 5) is 14.3. The molecule has 0 atom stereocenters. The lowest BCUT2D eigenvalue weighted by atomic mass is 10.1. The molecule has 0 aromatic heterocycles. The predicted octanol–water partition coefficient (Wildman–Crippen LogP) is 2.15. The summed E-state index contributed by atoms with van der Waals surface area (Å²) in [5.74, 6) is 1.04. The molecule has 2 aromatic rings. The third-order valence-electron chi connectivity index (χ3n) is 4.01. The van der Waals surface area contributed by atoms with Crippen molar-refractivity contribution >= 4 is 15.9 Å². The molecule has 0 aliphatic carbocycles. The van der Waals surface area contributed by atoms with Gasteiger partial charge in [-0.25, -0.2) is 13.1 Å². The molecular formula is C19H20N2O5S. The van der Waals surface area contributed by atoms with Crippen LogP contribution in [0, 0.1) is 0 Å². The lowest BCUT2D eigenvalue weighted by Gasteiger charge is -2.18. The van der Waals surface area contributed by atoms with Crippen molar-refractivity contribution in [1.82, 2.24) is 9.62 Å². The van der Waals surface area contributed by atoms with Gasteiger partial charge in [0.15, 0.2) is 11.5 Å². The normalized spacial score (nSPS) is 12.6. The fraction of sp³-hybridized carbons (Fsp3) is 0.211. The Kier molecular flexibility index (Phi) is 5.48. The van der Waals surface area contributed by atoms with Gasteiger partial charge in [-0.15, -0.1) is 6.58 Å². The number of nitrogens with zero attached hydrogens (tertiary/aromatic N) is 1. The van der Waals surface area contributed by atoms with E-state index in [2.05, 4.69) is 11.3 Å². The van der Waals surface area contributed by atoms with Crippen molar-refractivity contribution in [3.8, 4) is 11.5 Å². The Morgan fingerprint density at radius 2 is 2.00 bits per heavy atom. The molecule has 1 aliphatic rings. The maximum absolute atomic E-state index is 12.7. The number of sulfonamides is 1. The zero-order valence-electron chi connectivity index (χ0n) is 14.8. The highest BCUT2D eigenvalue weighted by Gasteiger charge is 2.19. The van der Waals surface area contributed by atoms with Gasteiger partial charge >= 0.3 is 0 Å². The van der Waals surface area contributed by atoms with E-state index in [1.165, 1.54) is 23.1 Å². The molecule has 8 heteroatoms. The van der Waals surface area contributed by atoms with Crippen LogP contribution in [0.25, 0.3) is 0 Å². The number of benzene rings is 2. The third-order valence-corrected chi connectivity index (χ3v) is 5.43. The summed E-state index contributed by atoms with van der Waals surface area (Å²) in [5.41, 5.74) is 1.17. The number of carbonyl (C=O) groups is 1. The molecule has 0 spiro atoms. The largest absolute Gasteiger partial charge is 0.454 e. The molecule has 27 heavy (non-hydrogen) atoms. The molecule has 1 N–H and O–H groups in total. The molecule has 0 saturated heterocycles. The minimum Gasteiger partial charge on any atom is -0.454 e. The topological polar surface area (TPSA) is 84.9 Å². The SMILES string of the molecule is C=CCNS(=O)(=O)c1cccc(C(=O)N(C)Cc2ccc3c(c2)OCO3)c1. The van der Waals surface area contributed by atoms with Crippen LogP contribution in [0.2, 0.25) is 0 Å². The van der Waals surface area contributed by atoms with Crippen molar-refractivity contribution in [2.24, 2.45) is 0 Å². The van der Waals surface area contributed by atoms with Crippen molar-refractivity contribution in [2.75, 3.05) is 20.4 Å². The molecule has 2 aromatic carbocycles. The number of nitrogens with one attached hydrogen (secondary N) is 1. The van der Waals surface area contributed by atoms with Crippen LogP contribution in [0.5, 0.6) is 11.5 Å². The summed E-state index contributed by atoms with van der Waals surface area (Å²) < 4.78 is 37.5. The van der Waals surface area contributed by atoms with Crippen LogP contribution < -0.4 is 14.2 Å². The fourth-order valence-electron chi connectivity index (χ4n) is 2.65. The molecule has 0 saturated carbocycles. The standard InChI is InChI=1S/C19H20N2O5S/c1-3-9-20-27(23,24)16-6-4-5-15(11-16)19(22)21(2)12-14-7-8-17-18(10-14)26-13-25-17/h3-8,10-11,20H,1,9,12-13H2,2H3. The van der Waals surface area contributed by atoms with Gasteiger partial charge in [0.05, 0.1) is 4.90 Å². The van der Waals surface area contributed by atoms with Crippen molar-refractivity contribution < 1.29 is 22.7 Å². The quantitative estimate of drug-likeness (QED) is 0.735. The number of ether oxygens (including phenoxy) is 2. The van der Waals surface area contributed by atoms with Crippen LogP contribution in [0.3, 0.4) is 0 Å². The average molecular weight is 388 g/mol. The Morgan fingerprint density at radius 3 is 2.78 bits per heavy atom. The van der Waals surface area contributed by atoms with Crippen LogP contribution in [-0.4, -0.2) is 39.6 Å². The maximum Gasteiger partial charge on any atom is 0.253 e. The van der Waals surface area contributed by atoms with Crippen LogP contribution in [0.15, 0.2) is 60.0 Å². The molecule has 0 bridgehead atoms. The molecule has 0 fully saturated rings. The summed E-state index contributed by atoms with van der Waals surface area (Å²) in [6.07, 6.45) is 1.45. The van der Waals surface area contributed by atoms with E-state index in [9.17, 15) is 13.2 Å². The van der Waals surface area contributed by atoms with Gasteiger partial charge < -0.3 is 14.4 Å². The molecule has 1 aliphatic heterocycles. The molecule has 7 nitrogen and oxygen atoms in total. The number of fused-ring (bicyclic) bond motifs is 1. The smallest absolute Gasteiger partial charge is 0.253 e. The van der Waals surface area contributed by atoms with Gasteiger partial charge in [0, 0.05) is 25.7 Å². The van der Waals surface area contributed by atoms with Crippen molar-refractivity contribution in [3.05, 3.63) is 66.2 Å². The Hall–Kier alpha value is -2.84.